The lowest BCUT2D eigenvalue weighted by Crippen LogP contribution is -2.58. The van der Waals surface area contributed by atoms with Gasteiger partial charge in [0.05, 0.1) is 24.9 Å². The third-order valence-corrected chi connectivity index (χ3v) is 5.52. The number of hydrogen-bond donors (Lipinski definition) is 2. The number of aromatic nitrogens is 3. The van der Waals surface area contributed by atoms with Crippen molar-refractivity contribution < 1.29 is 19.4 Å². The van der Waals surface area contributed by atoms with Crippen molar-refractivity contribution in [2.45, 2.75) is 46.1 Å². The lowest BCUT2D eigenvalue weighted by molar-refractivity contribution is -0.149. The van der Waals surface area contributed by atoms with E-state index in [1.54, 1.807) is 42.5 Å². The van der Waals surface area contributed by atoms with Crippen molar-refractivity contribution in [3.05, 3.63) is 85.2 Å². The molecule has 1 aromatic heterocycles. The zero-order chi connectivity index (χ0) is 26.6. The second-order valence-corrected chi connectivity index (χ2v) is 8.79. The van der Waals surface area contributed by atoms with E-state index in [0.717, 1.165) is 5.56 Å². The fraction of sp³-hybridized carbons (Fsp3) is 0.333. The molecule has 0 amide bonds. The van der Waals surface area contributed by atoms with Crippen LogP contribution in [-0.2, 0) is 22.6 Å². The fourth-order valence-corrected chi connectivity index (χ4v) is 3.59. The van der Waals surface area contributed by atoms with Crippen LogP contribution in [0.1, 0.15) is 25.0 Å². The first-order chi connectivity index (χ1) is 17.0. The minimum Gasteiger partial charge on any atom is -0.491 e. The van der Waals surface area contributed by atoms with E-state index < -0.39 is 30.0 Å². The molecule has 11 nitrogen and oxygen atoms in total. The number of nitrogens with two attached hydrogens (primary N) is 1. The molecule has 36 heavy (non-hydrogen) atoms. The number of aryl methyl sites for hydroxylation is 1. The molecule has 3 aromatic rings. The van der Waals surface area contributed by atoms with Crippen LogP contribution in [0.5, 0.6) is 5.75 Å². The van der Waals surface area contributed by atoms with E-state index in [2.05, 4.69) is 4.99 Å². The summed E-state index contributed by atoms with van der Waals surface area (Å²) in [6, 6.07) is 11.9. The largest absolute Gasteiger partial charge is 0.491 e. The molecule has 0 aliphatic heterocycles. The van der Waals surface area contributed by atoms with Crippen molar-refractivity contribution in [2.24, 2.45) is 4.99 Å². The van der Waals surface area contributed by atoms with Crippen LogP contribution < -0.4 is 27.6 Å². The lowest BCUT2D eigenvalue weighted by Gasteiger charge is -2.16. The maximum atomic E-state index is 13.4. The summed E-state index contributed by atoms with van der Waals surface area (Å²) in [5.41, 5.74) is 0.0578. The molecule has 0 saturated carbocycles. The van der Waals surface area contributed by atoms with Gasteiger partial charge in [0.2, 0.25) is 5.62 Å². The Morgan fingerprint density at radius 1 is 1.11 bits per heavy atom. The molecule has 0 radical (unpaired) electrons. The van der Waals surface area contributed by atoms with Gasteiger partial charge < -0.3 is 20.4 Å². The molecule has 0 saturated heterocycles. The van der Waals surface area contributed by atoms with Crippen LogP contribution in [0.4, 0.5) is 5.69 Å². The summed E-state index contributed by atoms with van der Waals surface area (Å²) in [7, 11) is 1.17. The van der Waals surface area contributed by atoms with Crippen LogP contribution in [0, 0.1) is 6.92 Å². The molecule has 12 heteroatoms. The summed E-state index contributed by atoms with van der Waals surface area (Å²) >= 11 is 5.98. The standard InChI is InChI=1S/C24H28ClN5O6/c1-14(2)36-19-10-9-18(11-15(19)3)27-22-28(12-16-5-7-17(25)8-6-16)23(33)29(24(34)30(22)26)13-20(35-4)21(31)32/h5-11,14,20H,12-13,26H2,1-4H3,(H,31,32)/t20-/m0/s1. The second kappa shape index (κ2) is 11.3. The molecule has 0 aliphatic carbocycles. The van der Waals surface area contributed by atoms with E-state index in [-0.39, 0.29) is 18.3 Å². The Labute approximate surface area is 211 Å². The predicted octanol–water partition coefficient (Wildman–Crippen LogP) is 1.65. The highest BCUT2D eigenvalue weighted by atomic mass is 35.5. The molecule has 0 aliphatic rings. The van der Waals surface area contributed by atoms with Crippen molar-refractivity contribution in [2.75, 3.05) is 13.0 Å². The lowest BCUT2D eigenvalue weighted by atomic mass is 10.2. The quantitative estimate of drug-likeness (QED) is 0.411. The zero-order valence-electron chi connectivity index (χ0n) is 20.3. The summed E-state index contributed by atoms with van der Waals surface area (Å²) in [5, 5.41) is 9.85. The number of ether oxygens (including phenoxy) is 2. The Morgan fingerprint density at radius 3 is 2.33 bits per heavy atom. The molecule has 1 atom stereocenters. The van der Waals surface area contributed by atoms with Crippen molar-refractivity contribution in [3.63, 3.8) is 0 Å². The average molecular weight is 518 g/mol. The Bertz CT molecular complexity index is 1440. The van der Waals surface area contributed by atoms with Gasteiger partial charge in [-0.25, -0.2) is 23.9 Å². The smallest absolute Gasteiger partial charge is 0.353 e. The Kier molecular flexibility index (Phi) is 8.38. The van der Waals surface area contributed by atoms with E-state index in [4.69, 9.17) is 26.9 Å². The summed E-state index contributed by atoms with van der Waals surface area (Å²) in [5.74, 6) is 5.45. The van der Waals surface area contributed by atoms with Gasteiger partial charge in [-0.1, -0.05) is 23.7 Å². The maximum absolute atomic E-state index is 13.4. The van der Waals surface area contributed by atoms with E-state index in [9.17, 15) is 19.5 Å². The van der Waals surface area contributed by atoms with Crippen LogP contribution in [0.15, 0.2) is 57.0 Å². The van der Waals surface area contributed by atoms with Crippen LogP contribution in [0.25, 0.3) is 0 Å². The number of carbonyl (C=O) groups is 1. The third kappa shape index (κ3) is 6.04. The number of carboxylic acid groups (broad SMARTS) is 1. The Hall–Kier alpha value is -3.83. The van der Waals surface area contributed by atoms with Crippen molar-refractivity contribution >= 4 is 23.3 Å². The van der Waals surface area contributed by atoms with Gasteiger partial charge in [0.25, 0.3) is 0 Å². The first kappa shape index (κ1) is 26.8. The highest BCUT2D eigenvalue weighted by Gasteiger charge is 2.22. The molecule has 0 fully saturated rings. The van der Waals surface area contributed by atoms with E-state index in [0.29, 0.717) is 31.3 Å². The topological polar surface area (TPSA) is 143 Å². The summed E-state index contributed by atoms with van der Waals surface area (Å²) in [4.78, 5) is 42.4. The normalized spacial score (nSPS) is 12.7. The van der Waals surface area contributed by atoms with Gasteiger partial charge in [-0.05, 0) is 62.2 Å². The molecular formula is C24H28ClN5O6. The molecule has 0 bridgehead atoms. The van der Waals surface area contributed by atoms with Crippen LogP contribution in [0.3, 0.4) is 0 Å². The molecular weight excluding hydrogens is 490 g/mol. The number of halogens is 1. The van der Waals surface area contributed by atoms with Crippen LogP contribution >= 0.6 is 11.6 Å². The van der Waals surface area contributed by atoms with Gasteiger partial charge in [0.15, 0.2) is 6.10 Å². The van der Waals surface area contributed by atoms with E-state index in [1.165, 1.54) is 11.7 Å². The number of nitrogen functional groups attached to an aromatic ring is 1. The summed E-state index contributed by atoms with van der Waals surface area (Å²) in [6.07, 6.45) is -1.45. The average Bonchev–Trinajstić information content (AvgIpc) is 2.82. The number of hydrogen-bond acceptors (Lipinski definition) is 7. The number of rotatable bonds is 9. The Morgan fingerprint density at radius 2 is 1.78 bits per heavy atom. The highest BCUT2D eigenvalue weighted by Crippen LogP contribution is 2.24. The number of methoxy groups -OCH3 is 1. The molecule has 2 aromatic carbocycles. The van der Waals surface area contributed by atoms with Gasteiger partial charge in [0.1, 0.15) is 5.75 Å². The first-order valence-electron chi connectivity index (χ1n) is 11.1. The number of benzene rings is 2. The second-order valence-electron chi connectivity index (χ2n) is 8.35. The molecule has 1 heterocycles. The van der Waals surface area contributed by atoms with Crippen molar-refractivity contribution in [1.82, 2.24) is 13.8 Å². The maximum Gasteiger partial charge on any atom is 0.353 e. The fourth-order valence-electron chi connectivity index (χ4n) is 3.46. The third-order valence-electron chi connectivity index (χ3n) is 5.27. The van der Waals surface area contributed by atoms with Crippen molar-refractivity contribution in [3.8, 4) is 5.75 Å². The van der Waals surface area contributed by atoms with Crippen LogP contribution in [0.2, 0.25) is 5.02 Å². The number of aliphatic carboxylic acids is 1. The highest BCUT2D eigenvalue weighted by molar-refractivity contribution is 6.30. The van der Waals surface area contributed by atoms with Gasteiger partial charge >= 0.3 is 17.3 Å². The van der Waals surface area contributed by atoms with Gasteiger partial charge in [-0.15, -0.1) is 0 Å². The molecule has 0 unspecified atom stereocenters. The molecule has 3 N–H and O–H groups in total. The minimum absolute atomic E-state index is 0.00936. The van der Waals surface area contributed by atoms with Gasteiger partial charge in [-0.2, -0.15) is 4.68 Å². The van der Waals surface area contributed by atoms with Crippen LogP contribution in [-0.4, -0.2) is 44.2 Å². The van der Waals surface area contributed by atoms with E-state index >= 15 is 0 Å². The monoisotopic (exact) mass is 517 g/mol. The predicted molar refractivity (Wildman–Crippen MR) is 134 cm³/mol. The van der Waals surface area contributed by atoms with Gasteiger partial charge in [-0.3, -0.25) is 4.57 Å². The summed E-state index contributed by atoms with van der Waals surface area (Å²) in [6.45, 7) is 5.13. The SMILES string of the molecule is CO[C@@H](Cn1c(=O)n(N)c(=Nc2ccc(OC(C)C)c(C)c2)n(Cc2ccc(Cl)cc2)c1=O)C(=O)O. The Balaban J connectivity index is 2.24. The molecule has 3 rings (SSSR count). The van der Waals surface area contributed by atoms with Crippen molar-refractivity contribution in [1.29, 1.82) is 0 Å². The number of carboxylic acids is 1. The number of nitrogens with zero attached hydrogens (tertiary/aromatic N) is 4. The minimum atomic E-state index is -1.43. The molecule has 192 valence electrons. The summed E-state index contributed by atoms with van der Waals surface area (Å²) < 4.78 is 13.3. The van der Waals surface area contributed by atoms with E-state index in [1.807, 2.05) is 20.8 Å². The van der Waals surface area contributed by atoms with Gasteiger partial charge in [0, 0.05) is 12.1 Å². The zero-order valence-corrected chi connectivity index (χ0v) is 21.1. The first-order valence-corrected chi connectivity index (χ1v) is 11.4. The molecule has 0 spiro atoms.